The molecule has 0 atom stereocenters. The lowest BCUT2D eigenvalue weighted by Crippen LogP contribution is -1.90. The summed E-state index contributed by atoms with van der Waals surface area (Å²) in [4.78, 5) is 0. The van der Waals surface area contributed by atoms with Gasteiger partial charge in [0.1, 0.15) is 1.37 Å². The van der Waals surface area contributed by atoms with Crippen LogP contribution >= 0.6 is 0 Å². The maximum absolute atomic E-state index is 6.74. The van der Waals surface area contributed by atoms with E-state index in [1.807, 2.05) is 0 Å². The fourth-order valence-corrected chi connectivity index (χ4v) is 0.229. The van der Waals surface area contributed by atoms with Gasteiger partial charge in [0.25, 0.3) is 0 Å². The molecular weight excluding hydrogens is 92.1 g/mol. The number of aryl methyl sites for hydroxylation is 1. The van der Waals surface area contributed by atoms with Crippen LogP contribution in [0.3, 0.4) is 0 Å². The van der Waals surface area contributed by atoms with Crippen molar-refractivity contribution >= 4 is 0 Å². The molecule has 0 unspecified atom stereocenters. The highest BCUT2D eigenvalue weighted by molar-refractivity contribution is 4.65. The van der Waals surface area contributed by atoms with Gasteiger partial charge >= 0.3 is 0 Å². The first kappa shape index (κ1) is 3.01. The summed E-state index contributed by atoms with van der Waals surface area (Å²) < 4.78 is 6.74. The molecule has 0 aromatic carbocycles. The molecule has 4 heteroatoms. The molecule has 0 N–H and O–H groups in total. The molecule has 1 heterocycles. The molecule has 4 nitrogen and oxygen atoms in total. The van der Waals surface area contributed by atoms with Crippen molar-refractivity contribution in [3.63, 3.8) is 0 Å². The van der Waals surface area contributed by atoms with Crippen LogP contribution < -0.4 is 0 Å². The van der Waals surface area contributed by atoms with Crippen molar-refractivity contribution in [3.8, 4) is 0 Å². The molecule has 0 aliphatic rings. The molecule has 1 rings (SSSR count). The van der Waals surface area contributed by atoms with E-state index in [2.05, 4.69) is 20.4 Å². The van der Waals surface area contributed by atoms with Gasteiger partial charge < -0.3 is 0 Å². The standard InChI is InChI=1S/C3H4N4/c1-3-6-4-2-5-7-3/h2H,1H3/i2D. The summed E-state index contributed by atoms with van der Waals surface area (Å²) >= 11 is 0. The number of rotatable bonds is 0. The molecule has 36 valence electrons. The van der Waals surface area contributed by atoms with Crippen LogP contribution in [0.15, 0.2) is 6.30 Å². The molecule has 0 fully saturated rings. The minimum absolute atomic E-state index is 0.143. The Morgan fingerprint density at radius 3 is 2.57 bits per heavy atom. The Morgan fingerprint density at radius 2 is 2.14 bits per heavy atom. The van der Waals surface area contributed by atoms with E-state index in [9.17, 15) is 0 Å². The maximum atomic E-state index is 6.74. The Kier molecular flexibility index (Phi) is 0.685. The second-order valence-electron chi connectivity index (χ2n) is 1.05. The van der Waals surface area contributed by atoms with Crippen LogP contribution in [0.25, 0.3) is 0 Å². The van der Waals surface area contributed by atoms with E-state index in [4.69, 9.17) is 1.37 Å². The van der Waals surface area contributed by atoms with Gasteiger partial charge in [0.05, 0.1) is 0 Å². The molecule has 0 radical (unpaired) electrons. The van der Waals surface area contributed by atoms with Gasteiger partial charge in [0.2, 0.25) is 0 Å². The molecule has 0 saturated heterocycles. The highest BCUT2D eigenvalue weighted by Crippen LogP contribution is 1.69. The zero-order valence-electron chi connectivity index (χ0n) is 4.79. The average molecular weight is 97.1 g/mol. The molecule has 0 bridgehead atoms. The molecule has 0 spiro atoms. The van der Waals surface area contributed by atoms with E-state index in [0.29, 0.717) is 5.82 Å². The normalized spacial score (nSPS) is 10.7. The molecular formula is C3H4N4. The second kappa shape index (κ2) is 1.59. The third-order valence-electron chi connectivity index (χ3n) is 0.479. The molecule has 1 aromatic rings. The van der Waals surface area contributed by atoms with Crippen LogP contribution in [0, 0.1) is 6.92 Å². The summed E-state index contributed by atoms with van der Waals surface area (Å²) in [6.45, 7) is 1.67. The van der Waals surface area contributed by atoms with Crippen molar-refractivity contribution in [3.05, 3.63) is 12.1 Å². The predicted molar refractivity (Wildman–Crippen MR) is 22.4 cm³/mol. The van der Waals surface area contributed by atoms with E-state index >= 15 is 0 Å². The third-order valence-corrected chi connectivity index (χ3v) is 0.479. The van der Waals surface area contributed by atoms with Crippen LogP contribution in [0.2, 0.25) is 0 Å². The quantitative estimate of drug-likeness (QED) is 0.441. The molecule has 0 aliphatic carbocycles. The molecule has 0 saturated carbocycles. The van der Waals surface area contributed by atoms with E-state index in [1.165, 1.54) is 0 Å². The van der Waals surface area contributed by atoms with Crippen molar-refractivity contribution in [2.24, 2.45) is 0 Å². The van der Waals surface area contributed by atoms with Gasteiger partial charge in [-0.25, -0.2) is 0 Å². The monoisotopic (exact) mass is 97.0 g/mol. The minimum Gasteiger partial charge on any atom is -0.135 e. The maximum Gasteiger partial charge on any atom is 0.170 e. The summed E-state index contributed by atoms with van der Waals surface area (Å²) in [7, 11) is 0. The first-order chi connectivity index (χ1) is 3.79. The number of nitrogens with zero attached hydrogens (tertiary/aromatic N) is 4. The van der Waals surface area contributed by atoms with Crippen molar-refractivity contribution in [1.82, 2.24) is 20.4 Å². The van der Waals surface area contributed by atoms with Crippen molar-refractivity contribution < 1.29 is 1.37 Å². The Labute approximate surface area is 42.0 Å². The van der Waals surface area contributed by atoms with Gasteiger partial charge in [-0.2, -0.15) is 0 Å². The number of hydrogen-bond acceptors (Lipinski definition) is 4. The zero-order chi connectivity index (χ0) is 5.98. The lowest BCUT2D eigenvalue weighted by Gasteiger charge is -1.78. The second-order valence-corrected chi connectivity index (χ2v) is 1.05. The summed E-state index contributed by atoms with van der Waals surface area (Å²) in [5.41, 5.74) is 0. The Bertz CT molecular complexity index is 150. The van der Waals surface area contributed by atoms with Crippen molar-refractivity contribution in [2.75, 3.05) is 0 Å². The summed E-state index contributed by atoms with van der Waals surface area (Å²) in [6.07, 6.45) is -0.143. The van der Waals surface area contributed by atoms with E-state index in [0.717, 1.165) is 0 Å². The summed E-state index contributed by atoms with van der Waals surface area (Å²) in [5, 5.41) is 13.6. The first-order valence-electron chi connectivity index (χ1n) is 2.29. The fraction of sp³-hybridized carbons (Fsp3) is 0.333. The Balaban J connectivity index is 3.03. The average Bonchev–Trinajstić information content (AvgIpc) is 1.77. The van der Waals surface area contributed by atoms with Gasteiger partial charge in [-0.3, -0.25) is 0 Å². The number of aromatic nitrogens is 4. The van der Waals surface area contributed by atoms with Crippen molar-refractivity contribution in [2.45, 2.75) is 6.92 Å². The van der Waals surface area contributed by atoms with E-state index in [-0.39, 0.29) is 6.30 Å². The molecule has 7 heavy (non-hydrogen) atoms. The lowest BCUT2D eigenvalue weighted by molar-refractivity contribution is 0.806. The third kappa shape index (κ3) is 0.887. The van der Waals surface area contributed by atoms with Gasteiger partial charge in [0, 0.05) is 0 Å². The smallest absolute Gasteiger partial charge is 0.135 e. The van der Waals surface area contributed by atoms with Crippen LogP contribution in [0.1, 0.15) is 7.20 Å². The van der Waals surface area contributed by atoms with Crippen LogP contribution in [0.5, 0.6) is 0 Å². The largest absolute Gasteiger partial charge is 0.170 e. The Morgan fingerprint density at radius 1 is 1.57 bits per heavy atom. The highest BCUT2D eigenvalue weighted by atomic mass is 15.3. The lowest BCUT2D eigenvalue weighted by atomic mass is 10.8. The van der Waals surface area contributed by atoms with Gasteiger partial charge in [-0.05, 0) is 6.92 Å². The zero-order valence-corrected chi connectivity index (χ0v) is 3.79. The van der Waals surface area contributed by atoms with E-state index < -0.39 is 0 Å². The molecule has 0 amide bonds. The predicted octanol–water partition coefficient (Wildman–Crippen LogP) is -0.425. The van der Waals surface area contributed by atoms with Crippen LogP contribution in [0.4, 0.5) is 0 Å². The number of hydrogen-bond donors (Lipinski definition) is 0. The molecule has 1 aromatic heterocycles. The summed E-state index contributed by atoms with van der Waals surface area (Å²) in [6, 6.07) is 0. The van der Waals surface area contributed by atoms with Crippen molar-refractivity contribution in [1.29, 1.82) is 0 Å². The summed E-state index contributed by atoms with van der Waals surface area (Å²) in [5.74, 6) is 0.487. The highest BCUT2D eigenvalue weighted by Gasteiger charge is 1.77. The van der Waals surface area contributed by atoms with Gasteiger partial charge in [-0.1, -0.05) is 0 Å². The molecule has 0 aliphatic heterocycles. The van der Waals surface area contributed by atoms with Crippen LogP contribution in [-0.2, 0) is 0 Å². The van der Waals surface area contributed by atoms with Crippen LogP contribution in [-0.4, -0.2) is 20.4 Å². The Hall–Kier alpha value is -1.06. The minimum atomic E-state index is -0.143. The first-order valence-corrected chi connectivity index (χ1v) is 1.79. The fourth-order valence-electron chi connectivity index (χ4n) is 0.229. The topological polar surface area (TPSA) is 51.6 Å². The van der Waals surface area contributed by atoms with E-state index in [1.54, 1.807) is 6.92 Å². The van der Waals surface area contributed by atoms with Gasteiger partial charge in [-0.15, -0.1) is 20.4 Å². The van der Waals surface area contributed by atoms with Gasteiger partial charge in [0.15, 0.2) is 12.1 Å². The SMILES string of the molecule is [2H]c1nnc(C)nn1.